The molecule has 1 heterocycles. The fourth-order valence-corrected chi connectivity index (χ4v) is 1.53. The number of hydrogen-bond donors (Lipinski definition) is 0. The zero-order valence-corrected chi connectivity index (χ0v) is 9.16. The third kappa shape index (κ3) is 2.69. The minimum Gasteiger partial charge on any atom is -0.423 e. The Labute approximate surface area is 95.8 Å². The van der Waals surface area contributed by atoms with E-state index < -0.39 is 12.7 Å². The molecule has 92 valence electrons. The Kier molecular flexibility index (Phi) is 2.95. The molecular weight excluding hydrogens is 233 g/mol. The van der Waals surface area contributed by atoms with Crippen LogP contribution in [0.2, 0.25) is 0 Å². The Hall–Kier alpha value is -1.72. The van der Waals surface area contributed by atoms with E-state index in [0.717, 1.165) is 4.90 Å². The molecule has 0 saturated heterocycles. The van der Waals surface area contributed by atoms with Crippen molar-refractivity contribution in [1.29, 1.82) is 0 Å². The van der Waals surface area contributed by atoms with E-state index in [1.54, 1.807) is 31.2 Å². The molecule has 0 fully saturated rings. The van der Waals surface area contributed by atoms with Gasteiger partial charge in [0.15, 0.2) is 5.58 Å². The number of nitrogens with zero attached hydrogens (tertiary/aromatic N) is 2. The van der Waals surface area contributed by atoms with Crippen molar-refractivity contribution in [1.82, 2.24) is 4.98 Å². The Morgan fingerprint density at radius 3 is 2.59 bits per heavy atom. The largest absolute Gasteiger partial charge is 0.423 e. The number of alkyl halides is 3. The summed E-state index contributed by atoms with van der Waals surface area (Å²) in [6.45, 7) is 0.753. The minimum absolute atomic E-state index is 0.00558. The first-order valence-electron chi connectivity index (χ1n) is 5.17. The van der Waals surface area contributed by atoms with Crippen molar-refractivity contribution in [2.45, 2.75) is 13.1 Å². The highest BCUT2D eigenvalue weighted by atomic mass is 19.4. The maximum absolute atomic E-state index is 12.3. The van der Waals surface area contributed by atoms with Gasteiger partial charge in [0.05, 0.1) is 0 Å². The summed E-state index contributed by atoms with van der Waals surface area (Å²) < 4.78 is 42.3. The van der Waals surface area contributed by atoms with E-state index in [1.807, 2.05) is 0 Å². The van der Waals surface area contributed by atoms with Crippen LogP contribution in [0.5, 0.6) is 0 Å². The average Bonchev–Trinajstić information content (AvgIpc) is 2.67. The number of hydrogen-bond acceptors (Lipinski definition) is 3. The molecule has 1 aromatic heterocycles. The Bertz CT molecular complexity index is 474. The van der Waals surface area contributed by atoms with E-state index in [2.05, 4.69) is 4.98 Å². The van der Waals surface area contributed by atoms with E-state index >= 15 is 0 Å². The highest BCUT2D eigenvalue weighted by molar-refractivity contribution is 5.74. The lowest BCUT2D eigenvalue weighted by Crippen LogP contribution is -2.34. The number of fused-ring (bicyclic) bond motifs is 1. The maximum Gasteiger partial charge on any atom is 0.406 e. The first-order chi connectivity index (χ1) is 7.99. The van der Waals surface area contributed by atoms with E-state index in [9.17, 15) is 13.2 Å². The van der Waals surface area contributed by atoms with E-state index in [0.29, 0.717) is 11.1 Å². The second-order valence-corrected chi connectivity index (χ2v) is 3.59. The molecule has 3 nitrogen and oxygen atoms in total. The monoisotopic (exact) mass is 244 g/mol. The van der Waals surface area contributed by atoms with E-state index in [1.165, 1.54) is 0 Å². The standard InChI is InChI=1S/C11H11F3N2O/c1-2-16(7-11(12,13)14)10-15-8-5-3-4-6-9(8)17-10/h3-6H,2,7H2,1H3. The highest BCUT2D eigenvalue weighted by Gasteiger charge is 2.32. The SMILES string of the molecule is CCN(CC(F)(F)F)c1nc2ccccc2o1. The summed E-state index contributed by atoms with van der Waals surface area (Å²) in [7, 11) is 0. The summed E-state index contributed by atoms with van der Waals surface area (Å²) in [5, 5.41) is 0. The number of oxazole rings is 1. The second kappa shape index (κ2) is 4.27. The molecule has 0 radical (unpaired) electrons. The van der Waals surface area contributed by atoms with Crippen LogP contribution in [0.25, 0.3) is 11.1 Å². The van der Waals surface area contributed by atoms with Gasteiger partial charge in [0.1, 0.15) is 12.1 Å². The lowest BCUT2D eigenvalue weighted by atomic mass is 10.3. The topological polar surface area (TPSA) is 29.3 Å². The van der Waals surface area contributed by atoms with Crippen molar-refractivity contribution in [2.24, 2.45) is 0 Å². The van der Waals surface area contributed by atoms with Crippen LogP contribution in [0.15, 0.2) is 28.7 Å². The van der Waals surface area contributed by atoms with Gasteiger partial charge in [-0.15, -0.1) is 0 Å². The molecule has 0 unspecified atom stereocenters. The van der Waals surface area contributed by atoms with Gasteiger partial charge in [0, 0.05) is 6.54 Å². The predicted octanol–water partition coefficient (Wildman–Crippen LogP) is 3.22. The van der Waals surface area contributed by atoms with Crippen molar-refractivity contribution < 1.29 is 17.6 Å². The third-order valence-electron chi connectivity index (χ3n) is 2.30. The lowest BCUT2D eigenvalue weighted by molar-refractivity contribution is -0.120. The van der Waals surface area contributed by atoms with Crippen LogP contribution in [-0.4, -0.2) is 24.2 Å². The Balaban J connectivity index is 2.30. The third-order valence-corrected chi connectivity index (χ3v) is 2.30. The number of benzene rings is 1. The molecule has 1 aromatic carbocycles. The van der Waals surface area contributed by atoms with Gasteiger partial charge in [-0.25, -0.2) is 0 Å². The van der Waals surface area contributed by atoms with Gasteiger partial charge in [-0.05, 0) is 19.1 Å². The van der Waals surface area contributed by atoms with Crippen LogP contribution < -0.4 is 4.90 Å². The van der Waals surface area contributed by atoms with Crippen LogP contribution in [0, 0.1) is 0 Å². The quantitative estimate of drug-likeness (QED) is 0.830. The van der Waals surface area contributed by atoms with Crippen molar-refractivity contribution in [2.75, 3.05) is 18.0 Å². The molecule has 0 atom stereocenters. The molecule has 0 aliphatic carbocycles. The lowest BCUT2D eigenvalue weighted by Gasteiger charge is -2.19. The molecule has 0 bridgehead atoms. The smallest absolute Gasteiger partial charge is 0.406 e. The summed E-state index contributed by atoms with van der Waals surface area (Å²) >= 11 is 0. The van der Waals surface area contributed by atoms with E-state index in [-0.39, 0.29) is 12.6 Å². The van der Waals surface area contributed by atoms with Gasteiger partial charge < -0.3 is 9.32 Å². The van der Waals surface area contributed by atoms with Crippen molar-refractivity contribution >= 4 is 17.1 Å². The van der Waals surface area contributed by atoms with Crippen molar-refractivity contribution in [3.05, 3.63) is 24.3 Å². The Morgan fingerprint density at radius 2 is 2.00 bits per heavy atom. The fraction of sp³-hybridized carbons (Fsp3) is 0.364. The molecule has 0 saturated carbocycles. The van der Waals surface area contributed by atoms with Gasteiger partial charge >= 0.3 is 6.18 Å². The summed E-state index contributed by atoms with van der Waals surface area (Å²) in [5.41, 5.74) is 1.05. The van der Waals surface area contributed by atoms with Gasteiger partial charge in [0.2, 0.25) is 0 Å². The summed E-state index contributed by atoms with van der Waals surface area (Å²) in [4.78, 5) is 5.08. The molecule has 0 N–H and O–H groups in total. The van der Waals surface area contributed by atoms with Crippen LogP contribution in [0.4, 0.5) is 19.2 Å². The molecule has 2 rings (SSSR count). The Morgan fingerprint density at radius 1 is 1.29 bits per heavy atom. The normalized spacial score (nSPS) is 12.0. The fourth-order valence-electron chi connectivity index (χ4n) is 1.53. The van der Waals surface area contributed by atoms with Gasteiger partial charge in [-0.3, -0.25) is 0 Å². The molecule has 2 aromatic rings. The molecular formula is C11H11F3N2O. The number of rotatable bonds is 3. The van der Waals surface area contributed by atoms with Crippen molar-refractivity contribution in [3.8, 4) is 0 Å². The first-order valence-corrected chi connectivity index (χ1v) is 5.17. The summed E-state index contributed by atoms with van der Waals surface area (Å²) in [6.07, 6.45) is -4.27. The molecule has 6 heteroatoms. The summed E-state index contributed by atoms with van der Waals surface area (Å²) in [6, 6.07) is 6.88. The second-order valence-electron chi connectivity index (χ2n) is 3.59. The first kappa shape index (κ1) is 11.8. The van der Waals surface area contributed by atoms with Gasteiger partial charge in [0.25, 0.3) is 6.01 Å². The number of anilines is 1. The van der Waals surface area contributed by atoms with Crippen LogP contribution in [0.3, 0.4) is 0 Å². The molecule has 0 aliphatic rings. The number of aromatic nitrogens is 1. The van der Waals surface area contributed by atoms with E-state index in [4.69, 9.17) is 4.42 Å². The van der Waals surface area contributed by atoms with Crippen LogP contribution in [-0.2, 0) is 0 Å². The average molecular weight is 244 g/mol. The molecule has 17 heavy (non-hydrogen) atoms. The number of para-hydroxylation sites is 2. The minimum atomic E-state index is -4.27. The predicted molar refractivity (Wildman–Crippen MR) is 58.0 cm³/mol. The van der Waals surface area contributed by atoms with Gasteiger partial charge in [-0.1, -0.05) is 12.1 Å². The molecule has 0 aliphatic heterocycles. The molecule has 0 spiro atoms. The highest BCUT2D eigenvalue weighted by Crippen LogP contribution is 2.24. The van der Waals surface area contributed by atoms with Crippen LogP contribution in [0.1, 0.15) is 6.92 Å². The maximum atomic E-state index is 12.3. The zero-order chi connectivity index (χ0) is 12.5. The van der Waals surface area contributed by atoms with Crippen LogP contribution >= 0.6 is 0 Å². The van der Waals surface area contributed by atoms with Crippen molar-refractivity contribution in [3.63, 3.8) is 0 Å². The zero-order valence-electron chi connectivity index (χ0n) is 9.16. The summed E-state index contributed by atoms with van der Waals surface area (Å²) in [5.74, 6) is 0. The van der Waals surface area contributed by atoms with Gasteiger partial charge in [-0.2, -0.15) is 18.2 Å². The molecule has 0 amide bonds. The number of halogens is 3.